The highest BCUT2D eigenvalue weighted by atomic mass is 35.5. The molecule has 7 nitrogen and oxygen atoms in total. The van der Waals surface area contributed by atoms with E-state index in [9.17, 15) is 14.0 Å². The van der Waals surface area contributed by atoms with E-state index in [1.807, 2.05) is 0 Å². The number of benzene rings is 3. The number of imidazole rings is 1. The Hall–Kier alpha value is -4.43. The van der Waals surface area contributed by atoms with Crippen LogP contribution in [0.25, 0.3) is 22.4 Å². The fourth-order valence-corrected chi connectivity index (χ4v) is 3.99. The molecule has 2 heterocycles. The largest absolute Gasteiger partial charge is 0.454 e. The Bertz CT molecular complexity index is 1630. The van der Waals surface area contributed by atoms with Crippen LogP contribution in [0.1, 0.15) is 6.92 Å². The van der Waals surface area contributed by atoms with Gasteiger partial charge >= 0.3 is 5.69 Å². The average Bonchev–Trinajstić information content (AvgIpc) is 3.14. The van der Waals surface area contributed by atoms with Crippen molar-refractivity contribution in [1.82, 2.24) is 14.1 Å². The summed E-state index contributed by atoms with van der Waals surface area (Å²) in [5.41, 5.74) is 2.66. The number of pyridine rings is 1. The Morgan fingerprint density at radius 2 is 1.71 bits per heavy atom. The summed E-state index contributed by atoms with van der Waals surface area (Å²) < 4.78 is 22.9. The van der Waals surface area contributed by atoms with Gasteiger partial charge in [0, 0.05) is 18.8 Å². The zero-order chi connectivity index (χ0) is 24.5. The molecule has 174 valence electrons. The van der Waals surface area contributed by atoms with Crippen molar-refractivity contribution in [2.24, 2.45) is 0 Å². The molecule has 0 aliphatic carbocycles. The average molecular weight is 489 g/mol. The minimum atomic E-state index is -0.648. The van der Waals surface area contributed by atoms with Crippen LogP contribution in [0.2, 0.25) is 5.02 Å². The van der Waals surface area contributed by atoms with Gasteiger partial charge in [-0.05, 0) is 60.7 Å². The third-order valence-electron chi connectivity index (χ3n) is 5.31. The molecule has 2 aromatic heterocycles. The first-order chi connectivity index (χ1) is 16.9. The van der Waals surface area contributed by atoms with Crippen molar-refractivity contribution in [2.45, 2.75) is 6.92 Å². The Balaban J connectivity index is 1.57. The highest BCUT2D eigenvalue weighted by molar-refractivity contribution is 6.30. The molecule has 0 unspecified atom stereocenters. The predicted molar refractivity (Wildman–Crippen MR) is 132 cm³/mol. The number of rotatable bonds is 5. The summed E-state index contributed by atoms with van der Waals surface area (Å²) in [6.07, 6.45) is 3.22. The second kappa shape index (κ2) is 9.08. The number of hydrogen-bond acceptors (Lipinski definition) is 4. The highest BCUT2D eigenvalue weighted by Gasteiger charge is 2.17. The molecule has 0 saturated heterocycles. The lowest BCUT2D eigenvalue weighted by atomic mass is 10.2. The van der Waals surface area contributed by atoms with E-state index in [0.29, 0.717) is 33.8 Å². The fourth-order valence-electron chi connectivity index (χ4n) is 3.82. The Morgan fingerprint density at radius 3 is 2.49 bits per heavy atom. The van der Waals surface area contributed by atoms with Crippen molar-refractivity contribution in [2.75, 3.05) is 5.32 Å². The molecule has 0 spiro atoms. The number of aromatic nitrogens is 3. The van der Waals surface area contributed by atoms with Crippen molar-refractivity contribution >= 4 is 34.2 Å². The van der Waals surface area contributed by atoms with Gasteiger partial charge < -0.3 is 10.1 Å². The number of carbonyl (C=O) groups excluding carboxylic acids is 1. The first kappa shape index (κ1) is 22.4. The van der Waals surface area contributed by atoms with Crippen LogP contribution < -0.4 is 15.7 Å². The summed E-state index contributed by atoms with van der Waals surface area (Å²) in [6.45, 7) is 1.42. The number of fused-ring (bicyclic) bond motifs is 1. The second-order valence-electron chi connectivity index (χ2n) is 7.70. The van der Waals surface area contributed by atoms with Gasteiger partial charge in [0.25, 0.3) is 0 Å². The molecule has 0 aliphatic rings. The molecule has 5 rings (SSSR count). The van der Waals surface area contributed by atoms with E-state index < -0.39 is 5.82 Å². The lowest BCUT2D eigenvalue weighted by Gasteiger charge is -2.09. The molecule has 9 heteroatoms. The van der Waals surface area contributed by atoms with Gasteiger partial charge in [0.15, 0.2) is 11.6 Å². The van der Waals surface area contributed by atoms with E-state index in [-0.39, 0.29) is 22.4 Å². The Kier molecular flexibility index (Phi) is 5.80. The molecule has 1 N–H and O–H groups in total. The number of carbonyl (C=O) groups is 1. The van der Waals surface area contributed by atoms with Crippen LogP contribution in [-0.4, -0.2) is 20.0 Å². The summed E-state index contributed by atoms with van der Waals surface area (Å²) in [7, 11) is 0. The van der Waals surface area contributed by atoms with Crippen LogP contribution in [0.4, 0.5) is 10.1 Å². The topological polar surface area (TPSA) is 78.2 Å². The standard InChI is InChI=1S/C26H18ClFN4O3/c1-16(33)30-17-4-2-5-19(14-17)32-22-12-13-29-15-23(22)31(26(32)34)18-8-10-20(11-9-18)35-24-7-3-6-21(27)25(24)28/h2-15H,1H3,(H,30,33). The highest BCUT2D eigenvalue weighted by Crippen LogP contribution is 2.29. The monoisotopic (exact) mass is 488 g/mol. The number of halogens is 2. The molecule has 0 aliphatic heterocycles. The van der Waals surface area contributed by atoms with Gasteiger partial charge in [-0.25, -0.2) is 9.18 Å². The summed E-state index contributed by atoms with van der Waals surface area (Å²) in [5.74, 6) is -0.471. The van der Waals surface area contributed by atoms with E-state index in [1.165, 1.54) is 23.6 Å². The van der Waals surface area contributed by atoms with Crippen LogP contribution in [-0.2, 0) is 4.79 Å². The van der Waals surface area contributed by atoms with Gasteiger partial charge in [0.05, 0.1) is 33.6 Å². The van der Waals surface area contributed by atoms with Gasteiger partial charge in [0.1, 0.15) is 5.75 Å². The lowest BCUT2D eigenvalue weighted by molar-refractivity contribution is -0.114. The van der Waals surface area contributed by atoms with Crippen LogP contribution in [0.3, 0.4) is 0 Å². The van der Waals surface area contributed by atoms with E-state index in [1.54, 1.807) is 77.6 Å². The summed E-state index contributed by atoms with van der Waals surface area (Å²) >= 11 is 5.82. The zero-order valence-electron chi connectivity index (χ0n) is 18.4. The van der Waals surface area contributed by atoms with E-state index in [0.717, 1.165) is 0 Å². The SMILES string of the molecule is CC(=O)Nc1cccc(-n2c(=O)n(-c3ccc(Oc4cccc(Cl)c4F)cc3)c3cnccc32)c1. The van der Waals surface area contributed by atoms with Crippen LogP contribution in [0.5, 0.6) is 11.5 Å². The zero-order valence-corrected chi connectivity index (χ0v) is 19.2. The number of nitrogens with zero attached hydrogens (tertiary/aromatic N) is 3. The van der Waals surface area contributed by atoms with Crippen LogP contribution in [0.15, 0.2) is 90.0 Å². The van der Waals surface area contributed by atoms with E-state index in [2.05, 4.69) is 10.3 Å². The van der Waals surface area contributed by atoms with Crippen molar-refractivity contribution < 1.29 is 13.9 Å². The number of amides is 1. The molecule has 35 heavy (non-hydrogen) atoms. The maximum absolute atomic E-state index is 14.2. The second-order valence-corrected chi connectivity index (χ2v) is 8.10. The third-order valence-corrected chi connectivity index (χ3v) is 5.60. The normalized spacial score (nSPS) is 10.9. The lowest BCUT2D eigenvalue weighted by Crippen LogP contribution is -2.22. The van der Waals surface area contributed by atoms with Gasteiger partial charge in [-0.2, -0.15) is 0 Å². The Labute approximate surface area is 204 Å². The smallest absolute Gasteiger partial charge is 0.338 e. The Morgan fingerprint density at radius 1 is 0.971 bits per heavy atom. The number of ether oxygens (including phenoxy) is 1. The maximum atomic E-state index is 14.2. The number of nitrogens with one attached hydrogen (secondary N) is 1. The summed E-state index contributed by atoms with van der Waals surface area (Å²) in [4.78, 5) is 29.3. The van der Waals surface area contributed by atoms with Gasteiger partial charge in [0.2, 0.25) is 5.91 Å². The van der Waals surface area contributed by atoms with E-state index >= 15 is 0 Å². The molecule has 5 aromatic rings. The minimum Gasteiger partial charge on any atom is -0.454 e. The molecule has 0 bridgehead atoms. The van der Waals surface area contributed by atoms with Gasteiger partial charge in [-0.3, -0.25) is 18.9 Å². The number of anilines is 1. The van der Waals surface area contributed by atoms with Crippen molar-refractivity contribution in [3.63, 3.8) is 0 Å². The molecule has 0 radical (unpaired) electrons. The van der Waals surface area contributed by atoms with Gasteiger partial charge in [-0.1, -0.05) is 23.7 Å². The van der Waals surface area contributed by atoms with Gasteiger partial charge in [-0.15, -0.1) is 0 Å². The minimum absolute atomic E-state index is 0.00210. The molecule has 1 amide bonds. The quantitative estimate of drug-likeness (QED) is 0.343. The molecule has 0 fully saturated rings. The first-order valence-corrected chi connectivity index (χ1v) is 11.0. The van der Waals surface area contributed by atoms with Crippen molar-refractivity contribution in [1.29, 1.82) is 0 Å². The summed E-state index contributed by atoms with van der Waals surface area (Å²) in [5, 5.41) is 2.70. The van der Waals surface area contributed by atoms with Crippen LogP contribution in [0, 0.1) is 5.82 Å². The summed E-state index contributed by atoms with van der Waals surface area (Å²) in [6, 6.07) is 20.0. The molecule has 0 atom stereocenters. The molecule has 0 saturated carbocycles. The predicted octanol–water partition coefficient (Wildman–Crippen LogP) is 5.72. The molecular formula is C26H18ClFN4O3. The van der Waals surface area contributed by atoms with Crippen LogP contribution >= 0.6 is 11.6 Å². The maximum Gasteiger partial charge on any atom is 0.338 e. The molecular weight excluding hydrogens is 471 g/mol. The molecule has 3 aromatic carbocycles. The first-order valence-electron chi connectivity index (χ1n) is 10.6. The van der Waals surface area contributed by atoms with Crippen molar-refractivity contribution in [3.8, 4) is 22.9 Å². The fraction of sp³-hybridized carbons (Fsp3) is 0.0385. The number of hydrogen-bond donors (Lipinski definition) is 1. The third kappa shape index (κ3) is 4.27. The van der Waals surface area contributed by atoms with Crippen molar-refractivity contribution in [3.05, 3.63) is 107 Å². The van der Waals surface area contributed by atoms with E-state index in [4.69, 9.17) is 16.3 Å².